The summed E-state index contributed by atoms with van der Waals surface area (Å²) in [6.45, 7) is 6.41. The molecule has 2 saturated heterocycles. The van der Waals surface area contributed by atoms with Crippen LogP contribution in [0.5, 0.6) is 0 Å². The van der Waals surface area contributed by atoms with Crippen LogP contribution in [0.25, 0.3) is 0 Å². The number of aromatic nitrogens is 3. The first kappa shape index (κ1) is 26.2. The van der Waals surface area contributed by atoms with Gasteiger partial charge < -0.3 is 40.2 Å². The first-order chi connectivity index (χ1) is 17.3. The fourth-order valence-electron chi connectivity index (χ4n) is 3.37. The Labute approximate surface area is 205 Å². The van der Waals surface area contributed by atoms with E-state index in [1.807, 2.05) is 0 Å². The van der Waals surface area contributed by atoms with Crippen LogP contribution in [0, 0.1) is 10.1 Å². The Bertz CT molecular complexity index is 1050. The minimum Gasteiger partial charge on any atom is -0.545 e. The fraction of sp³-hybridized carbons (Fsp3) is 0.381. The zero-order chi connectivity index (χ0) is 25.9. The van der Waals surface area contributed by atoms with Gasteiger partial charge in [0.2, 0.25) is 17.8 Å². The van der Waals surface area contributed by atoms with Gasteiger partial charge in [0.15, 0.2) is 0 Å². The summed E-state index contributed by atoms with van der Waals surface area (Å²) >= 11 is 0. The van der Waals surface area contributed by atoms with Crippen molar-refractivity contribution in [3.05, 3.63) is 46.5 Å². The molecule has 1 aromatic heterocycles. The van der Waals surface area contributed by atoms with Crippen molar-refractivity contribution in [2.24, 2.45) is 0 Å². The van der Waals surface area contributed by atoms with Crippen molar-refractivity contribution >= 4 is 41.2 Å². The number of ether oxygens (including phenoxy) is 1. The van der Waals surface area contributed by atoms with Crippen molar-refractivity contribution in [2.75, 3.05) is 67.6 Å². The van der Waals surface area contributed by atoms with Crippen LogP contribution in [0.15, 0.2) is 36.4 Å². The highest BCUT2D eigenvalue weighted by Gasteiger charge is 2.21. The number of nitro groups is 1. The molecule has 0 unspecified atom stereocenters. The molecule has 2 aliphatic rings. The number of carbonyl (C=O) groups is 2. The largest absolute Gasteiger partial charge is 0.545 e. The molecule has 0 bridgehead atoms. The molecule has 2 fully saturated rings. The monoisotopic (exact) mass is 502 g/mol. The lowest BCUT2D eigenvalue weighted by molar-refractivity contribution is -0.655. The number of rotatable bonds is 7. The van der Waals surface area contributed by atoms with Crippen LogP contribution in [0.3, 0.4) is 0 Å². The van der Waals surface area contributed by atoms with Crippen molar-refractivity contribution in [2.45, 2.75) is 0 Å². The van der Waals surface area contributed by atoms with E-state index in [2.05, 4.69) is 35.4 Å². The van der Waals surface area contributed by atoms with E-state index in [4.69, 9.17) is 9.84 Å². The van der Waals surface area contributed by atoms with E-state index in [0.717, 1.165) is 26.2 Å². The minimum absolute atomic E-state index is 0.0132. The van der Waals surface area contributed by atoms with Crippen molar-refractivity contribution in [3.63, 3.8) is 0 Å². The zero-order valence-corrected chi connectivity index (χ0v) is 19.3. The molecule has 0 amide bonds. The molecule has 2 aromatic rings. The number of non-ortho nitro benzene ring substituents is 1. The van der Waals surface area contributed by atoms with Gasteiger partial charge >= 0.3 is 5.97 Å². The van der Waals surface area contributed by atoms with E-state index in [1.165, 1.54) is 12.1 Å². The number of nitro benzene ring substituents is 1. The summed E-state index contributed by atoms with van der Waals surface area (Å²) in [5.41, 5.74) is 0.575. The number of carboxylic acids is 2. The number of hydrogen-bond donors (Lipinski definition) is 3. The third-order valence-corrected chi connectivity index (χ3v) is 5.07. The van der Waals surface area contributed by atoms with E-state index < -0.39 is 16.9 Å². The highest BCUT2D eigenvalue weighted by molar-refractivity contribution is 5.88. The Morgan fingerprint density at radius 3 is 2.25 bits per heavy atom. The normalized spacial score (nSPS) is 15.7. The Morgan fingerprint density at radius 2 is 1.69 bits per heavy atom. The van der Waals surface area contributed by atoms with Crippen LogP contribution in [0.2, 0.25) is 0 Å². The van der Waals surface area contributed by atoms with Gasteiger partial charge in [-0.1, -0.05) is 6.07 Å². The molecule has 4 N–H and O–H groups in total. The van der Waals surface area contributed by atoms with Crippen LogP contribution in [-0.2, 0) is 14.3 Å². The number of quaternary nitrogens is 1. The number of carboxylic acid groups (broad SMARTS) is 2. The number of hydrogen-bond acceptors (Lipinski definition) is 12. The average molecular weight is 502 g/mol. The second kappa shape index (κ2) is 12.9. The smallest absolute Gasteiger partial charge is 0.328 e. The summed E-state index contributed by atoms with van der Waals surface area (Å²) in [6, 6.07) is 6.30. The summed E-state index contributed by atoms with van der Waals surface area (Å²) in [5, 5.41) is 33.6. The number of nitrogens with zero attached hydrogens (tertiary/aromatic N) is 6. The van der Waals surface area contributed by atoms with Gasteiger partial charge in [-0.15, -0.1) is 0 Å². The van der Waals surface area contributed by atoms with Gasteiger partial charge in [0, 0.05) is 37.0 Å². The quantitative estimate of drug-likeness (QED) is 0.216. The first-order valence-corrected chi connectivity index (χ1v) is 11.1. The summed E-state index contributed by atoms with van der Waals surface area (Å²) in [6.07, 6.45) is 0.942. The van der Waals surface area contributed by atoms with Crippen LogP contribution in [0.1, 0.15) is 0 Å². The Kier molecular flexibility index (Phi) is 9.41. The van der Waals surface area contributed by atoms with Gasteiger partial charge in [-0.25, -0.2) is 4.79 Å². The molecule has 4 rings (SSSR count). The van der Waals surface area contributed by atoms with Crippen LogP contribution in [-0.4, -0.2) is 89.4 Å². The Balaban J connectivity index is 0.000000392. The second-order valence-electron chi connectivity index (χ2n) is 7.63. The summed E-state index contributed by atoms with van der Waals surface area (Å²) < 4.78 is 5.42. The predicted molar refractivity (Wildman–Crippen MR) is 125 cm³/mol. The molecule has 2 aliphatic heterocycles. The fourth-order valence-corrected chi connectivity index (χ4v) is 3.37. The third-order valence-electron chi connectivity index (χ3n) is 5.07. The van der Waals surface area contributed by atoms with Crippen molar-refractivity contribution in [3.8, 4) is 0 Å². The van der Waals surface area contributed by atoms with E-state index in [0.29, 0.717) is 62.0 Å². The van der Waals surface area contributed by atoms with E-state index in [9.17, 15) is 24.8 Å². The van der Waals surface area contributed by atoms with Gasteiger partial charge in [0.1, 0.15) is 0 Å². The van der Waals surface area contributed by atoms with Crippen molar-refractivity contribution in [1.82, 2.24) is 15.0 Å². The predicted octanol–water partition coefficient (Wildman–Crippen LogP) is -1.88. The summed E-state index contributed by atoms with van der Waals surface area (Å²) in [5.74, 6) is -1.21. The van der Waals surface area contributed by atoms with Crippen molar-refractivity contribution < 1.29 is 34.8 Å². The average Bonchev–Trinajstić information content (AvgIpc) is 2.89. The molecule has 0 atom stereocenters. The SMILES string of the molecule is O=C([O-])/C=C/C(=O)O.O=[N+]([O-])c1cccc(Nc2nc(N3CC[NH2+]CC3)nc(N3CCOCC3)n2)c1. The van der Waals surface area contributed by atoms with E-state index >= 15 is 0 Å². The molecule has 0 radical (unpaired) electrons. The van der Waals surface area contributed by atoms with Gasteiger partial charge in [0.25, 0.3) is 5.69 Å². The summed E-state index contributed by atoms with van der Waals surface area (Å²) in [7, 11) is 0. The first-order valence-electron chi connectivity index (χ1n) is 11.1. The molecule has 36 heavy (non-hydrogen) atoms. The molecular weight excluding hydrogens is 476 g/mol. The number of anilines is 4. The van der Waals surface area contributed by atoms with Gasteiger partial charge in [-0.3, -0.25) is 10.1 Å². The highest BCUT2D eigenvalue weighted by Crippen LogP contribution is 2.23. The molecule has 15 heteroatoms. The molecule has 192 valence electrons. The van der Waals surface area contributed by atoms with Crippen LogP contribution >= 0.6 is 0 Å². The Hall–Kier alpha value is -4.37. The Morgan fingerprint density at radius 1 is 1.06 bits per heavy atom. The highest BCUT2D eigenvalue weighted by atomic mass is 16.6. The number of nitrogens with two attached hydrogens (primary N) is 1. The van der Waals surface area contributed by atoms with Crippen LogP contribution in [0.4, 0.5) is 29.2 Å². The lowest BCUT2D eigenvalue weighted by Crippen LogP contribution is -2.89. The number of morpholine rings is 1. The molecule has 0 aliphatic carbocycles. The molecule has 1 aromatic carbocycles. The molecular formula is C21H26N8O7. The molecule has 0 saturated carbocycles. The number of piperazine rings is 1. The van der Waals surface area contributed by atoms with E-state index in [-0.39, 0.29) is 5.69 Å². The van der Waals surface area contributed by atoms with Gasteiger partial charge in [-0.05, 0) is 12.1 Å². The zero-order valence-electron chi connectivity index (χ0n) is 19.3. The van der Waals surface area contributed by atoms with Gasteiger partial charge in [-0.2, -0.15) is 15.0 Å². The molecule has 3 heterocycles. The third kappa shape index (κ3) is 8.14. The lowest BCUT2D eigenvalue weighted by Gasteiger charge is -2.29. The second-order valence-corrected chi connectivity index (χ2v) is 7.63. The molecule has 0 spiro atoms. The maximum absolute atomic E-state index is 11.0. The molecule has 15 nitrogen and oxygen atoms in total. The number of nitrogens with one attached hydrogen (secondary N) is 1. The maximum Gasteiger partial charge on any atom is 0.328 e. The van der Waals surface area contributed by atoms with Crippen molar-refractivity contribution in [1.29, 1.82) is 0 Å². The maximum atomic E-state index is 11.0. The topological polar surface area (TPSA) is 204 Å². The van der Waals surface area contributed by atoms with Gasteiger partial charge in [0.05, 0.1) is 50.3 Å². The number of aliphatic carboxylic acids is 2. The number of benzene rings is 1. The van der Waals surface area contributed by atoms with E-state index in [1.54, 1.807) is 12.1 Å². The summed E-state index contributed by atoms with van der Waals surface area (Å²) in [4.78, 5) is 47.6. The standard InChI is InChI=1S/C17H22N8O3.C4H4O4/c26-25(27)14-3-1-2-13(12-14)19-15-20-16(23-6-4-18-5-7-23)22-17(21-15)24-8-10-28-11-9-24;5-3(6)1-2-4(7)8/h1-3,12,18H,4-11H2,(H,19,20,21,22);1-2H,(H,5,6)(H,7,8)/b;2-1+. The minimum atomic E-state index is -1.51. The lowest BCUT2D eigenvalue weighted by atomic mass is 10.3. The number of carbonyl (C=O) groups excluding carboxylic acids is 1. The van der Waals surface area contributed by atoms with Crippen LogP contribution < -0.4 is 25.5 Å².